The number of carbonyl (C=O) groups is 2. The number of anilines is 1. The lowest BCUT2D eigenvalue weighted by Crippen LogP contribution is -2.54. The molecule has 1 fully saturated rings. The van der Waals surface area contributed by atoms with Crippen molar-refractivity contribution in [1.29, 1.82) is 5.26 Å². The molecule has 0 saturated carbocycles. The second-order valence-electron chi connectivity index (χ2n) is 7.07. The van der Waals surface area contributed by atoms with Gasteiger partial charge in [0.2, 0.25) is 0 Å². The minimum absolute atomic E-state index is 0.0403. The van der Waals surface area contributed by atoms with Gasteiger partial charge >= 0.3 is 0 Å². The maximum atomic E-state index is 13.2. The Morgan fingerprint density at radius 3 is 2.52 bits per heavy atom. The van der Waals surface area contributed by atoms with Gasteiger partial charge in [0.25, 0.3) is 11.8 Å². The van der Waals surface area contributed by atoms with Gasteiger partial charge in [0.05, 0.1) is 17.3 Å². The number of hydrogen-bond donors (Lipinski definition) is 1. The summed E-state index contributed by atoms with van der Waals surface area (Å²) in [5, 5.41) is 11.5. The Bertz CT molecular complexity index is 1300. The predicted molar refractivity (Wildman–Crippen MR) is 121 cm³/mol. The van der Waals surface area contributed by atoms with Gasteiger partial charge in [-0.2, -0.15) is 5.26 Å². The fourth-order valence-electron chi connectivity index (χ4n) is 3.29. The molecule has 0 unspecified atom stereocenters. The Hall–Kier alpha value is -4.02. The molecule has 6 nitrogen and oxygen atoms in total. The third-order valence-corrected chi connectivity index (χ3v) is 5.42. The van der Waals surface area contributed by atoms with Crippen LogP contribution in [0.5, 0.6) is 0 Å². The topological polar surface area (TPSA) is 86.3 Å². The molecule has 1 aliphatic rings. The summed E-state index contributed by atoms with van der Waals surface area (Å²) < 4.78 is 5.81. The Morgan fingerprint density at radius 1 is 1.06 bits per heavy atom. The highest BCUT2D eigenvalue weighted by Gasteiger charge is 2.35. The monoisotopic (exact) mass is 427 g/mol. The first-order valence-electron chi connectivity index (χ1n) is 9.47. The number of nitrogens with zero attached hydrogens (tertiary/aromatic N) is 2. The van der Waals surface area contributed by atoms with Crippen molar-refractivity contribution in [3.05, 3.63) is 82.6 Å². The molecule has 0 radical (unpaired) electrons. The van der Waals surface area contributed by atoms with Gasteiger partial charge in [0, 0.05) is 5.56 Å². The zero-order valence-corrected chi connectivity index (χ0v) is 17.6. The Balaban J connectivity index is 1.68. The quantitative estimate of drug-likeness (QED) is 0.383. The lowest BCUT2D eigenvalue weighted by Gasteiger charge is -2.30. The summed E-state index contributed by atoms with van der Waals surface area (Å²) >= 11 is 5.27. The molecule has 1 aromatic heterocycles. The average molecular weight is 427 g/mol. The molecule has 1 aliphatic heterocycles. The summed E-state index contributed by atoms with van der Waals surface area (Å²) in [6.45, 7) is 3.84. The van der Waals surface area contributed by atoms with Crippen LogP contribution in [0.25, 0.3) is 17.4 Å². The number of aryl methyl sites for hydroxylation is 1. The molecule has 31 heavy (non-hydrogen) atoms. The van der Waals surface area contributed by atoms with Gasteiger partial charge in [-0.25, -0.2) is 0 Å². The van der Waals surface area contributed by atoms with E-state index in [1.54, 1.807) is 42.5 Å². The number of nitriles is 1. The predicted octanol–water partition coefficient (Wildman–Crippen LogP) is 4.27. The van der Waals surface area contributed by atoms with Gasteiger partial charge in [-0.1, -0.05) is 12.1 Å². The first-order valence-corrected chi connectivity index (χ1v) is 9.88. The third-order valence-electron chi connectivity index (χ3n) is 5.13. The molecule has 3 aromatic rings. The largest absolute Gasteiger partial charge is 0.457 e. The molecule has 0 bridgehead atoms. The average Bonchev–Trinajstić information content (AvgIpc) is 3.23. The molecule has 2 aromatic carbocycles. The van der Waals surface area contributed by atoms with Crippen LogP contribution in [-0.4, -0.2) is 16.9 Å². The number of benzene rings is 2. The molecule has 1 saturated heterocycles. The van der Waals surface area contributed by atoms with Crippen molar-refractivity contribution >= 4 is 40.9 Å². The maximum absolute atomic E-state index is 13.2. The molecule has 4 rings (SSSR count). The molecule has 1 N–H and O–H groups in total. The number of amides is 2. The highest BCUT2D eigenvalue weighted by atomic mass is 32.1. The Kier molecular flexibility index (Phi) is 5.24. The molecule has 7 heteroatoms. The van der Waals surface area contributed by atoms with Crippen molar-refractivity contribution in [2.45, 2.75) is 13.8 Å². The second-order valence-corrected chi connectivity index (χ2v) is 7.45. The zero-order chi connectivity index (χ0) is 22.1. The normalized spacial score (nSPS) is 15.2. The fraction of sp³-hybridized carbons (Fsp3) is 0.0833. The molecular formula is C24H17N3O3S. The van der Waals surface area contributed by atoms with Crippen molar-refractivity contribution < 1.29 is 14.0 Å². The molecule has 152 valence electrons. The van der Waals surface area contributed by atoms with Gasteiger partial charge in [0.15, 0.2) is 5.11 Å². The number of furan rings is 1. The number of rotatable bonds is 3. The molecule has 0 spiro atoms. The molecular weight excluding hydrogens is 410 g/mol. The standard InChI is InChI=1S/C24H17N3O3S/c1-14-4-3-5-20(15(14)2)27-23(29)19(22(28)26-24(27)31)12-18-10-11-21(30-18)17-8-6-16(13-25)7-9-17/h3-12H,1-2H3,(H,26,28,31)/b19-12+. The van der Waals surface area contributed by atoms with Crippen molar-refractivity contribution in [1.82, 2.24) is 5.32 Å². The third kappa shape index (κ3) is 3.77. The summed E-state index contributed by atoms with van der Waals surface area (Å²) in [7, 11) is 0. The van der Waals surface area contributed by atoms with Crippen molar-refractivity contribution in [3.8, 4) is 17.4 Å². The summed E-state index contributed by atoms with van der Waals surface area (Å²) in [6, 6.07) is 18.0. The lowest BCUT2D eigenvalue weighted by atomic mass is 10.0. The van der Waals surface area contributed by atoms with Gasteiger partial charge in [-0.15, -0.1) is 0 Å². The second kappa shape index (κ2) is 8.01. The van der Waals surface area contributed by atoms with Crippen LogP contribution in [0.2, 0.25) is 0 Å². The summed E-state index contributed by atoms with van der Waals surface area (Å²) in [6.07, 6.45) is 1.41. The van der Waals surface area contributed by atoms with E-state index in [9.17, 15) is 9.59 Å². The van der Waals surface area contributed by atoms with Crippen LogP contribution in [0.3, 0.4) is 0 Å². The van der Waals surface area contributed by atoms with E-state index in [0.29, 0.717) is 22.8 Å². The van der Waals surface area contributed by atoms with E-state index in [2.05, 4.69) is 11.4 Å². The highest BCUT2D eigenvalue weighted by Crippen LogP contribution is 2.28. The zero-order valence-electron chi connectivity index (χ0n) is 16.8. The van der Waals surface area contributed by atoms with E-state index in [1.807, 2.05) is 26.0 Å². The molecule has 2 heterocycles. The minimum atomic E-state index is -0.576. The Morgan fingerprint density at radius 2 is 1.81 bits per heavy atom. The Labute approximate surface area is 184 Å². The van der Waals surface area contributed by atoms with E-state index < -0.39 is 11.8 Å². The molecule has 0 aliphatic carbocycles. The van der Waals surface area contributed by atoms with E-state index in [4.69, 9.17) is 21.9 Å². The highest BCUT2D eigenvalue weighted by molar-refractivity contribution is 7.80. The van der Waals surface area contributed by atoms with Crippen LogP contribution in [0.1, 0.15) is 22.5 Å². The summed E-state index contributed by atoms with van der Waals surface area (Å²) in [5.41, 5.74) is 3.78. The summed E-state index contributed by atoms with van der Waals surface area (Å²) in [4.78, 5) is 27.0. The smallest absolute Gasteiger partial charge is 0.270 e. The van der Waals surface area contributed by atoms with Crippen molar-refractivity contribution in [3.63, 3.8) is 0 Å². The van der Waals surface area contributed by atoms with Gasteiger partial charge in [-0.3, -0.25) is 19.8 Å². The first-order chi connectivity index (χ1) is 14.9. The van der Waals surface area contributed by atoms with Crippen LogP contribution in [-0.2, 0) is 9.59 Å². The van der Waals surface area contributed by atoms with E-state index >= 15 is 0 Å². The van der Waals surface area contributed by atoms with E-state index in [-0.39, 0.29) is 10.7 Å². The number of hydrogen-bond acceptors (Lipinski definition) is 5. The SMILES string of the molecule is Cc1cccc(N2C(=O)/C(=C/c3ccc(-c4ccc(C#N)cc4)o3)C(=O)NC2=S)c1C. The molecule has 2 amide bonds. The first kappa shape index (κ1) is 20.3. The van der Waals surface area contributed by atoms with Crippen LogP contribution in [0, 0.1) is 25.2 Å². The minimum Gasteiger partial charge on any atom is -0.457 e. The van der Waals surface area contributed by atoms with Gasteiger partial charge < -0.3 is 4.42 Å². The van der Waals surface area contributed by atoms with Crippen LogP contribution >= 0.6 is 12.2 Å². The van der Waals surface area contributed by atoms with Crippen LogP contribution < -0.4 is 10.2 Å². The number of nitrogens with one attached hydrogen (secondary N) is 1. The summed E-state index contributed by atoms with van der Waals surface area (Å²) in [5.74, 6) is -0.180. The van der Waals surface area contributed by atoms with E-state index in [1.165, 1.54) is 11.0 Å². The maximum Gasteiger partial charge on any atom is 0.270 e. The lowest BCUT2D eigenvalue weighted by molar-refractivity contribution is -0.122. The number of carbonyl (C=O) groups excluding carboxylic acids is 2. The van der Waals surface area contributed by atoms with Gasteiger partial charge in [0.1, 0.15) is 17.1 Å². The van der Waals surface area contributed by atoms with Crippen LogP contribution in [0.4, 0.5) is 5.69 Å². The van der Waals surface area contributed by atoms with Crippen LogP contribution in [0.15, 0.2) is 64.6 Å². The van der Waals surface area contributed by atoms with E-state index in [0.717, 1.165) is 16.7 Å². The molecule has 0 atom stereocenters. The van der Waals surface area contributed by atoms with Gasteiger partial charge in [-0.05, 0) is 85.7 Å². The number of thiocarbonyl (C=S) groups is 1. The fourth-order valence-corrected chi connectivity index (χ4v) is 3.56. The van der Waals surface area contributed by atoms with Crippen molar-refractivity contribution in [2.24, 2.45) is 0 Å². The van der Waals surface area contributed by atoms with Crippen molar-refractivity contribution in [2.75, 3.05) is 4.90 Å².